The van der Waals surface area contributed by atoms with Gasteiger partial charge in [-0.25, -0.2) is 0 Å². The van der Waals surface area contributed by atoms with Crippen LogP contribution in [-0.2, 0) is 20.8 Å². The number of ether oxygens (including phenoxy) is 3. The van der Waals surface area contributed by atoms with E-state index < -0.39 is 0 Å². The van der Waals surface area contributed by atoms with Crippen LogP contribution in [0.15, 0.2) is 30.3 Å². The van der Waals surface area contributed by atoms with E-state index in [9.17, 15) is 0 Å². The molecule has 0 amide bonds. The fraction of sp³-hybridized carbons (Fsp3) is 0.727. The van der Waals surface area contributed by atoms with Crippen LogP contribution in [0, 0.1) is 5.41 Å². The van der Waals surface area contributed by atoms with Gasteiger partial charge in [0.1, 0.15) is 0 Å². The van der Waals surface area contributed by atoms with Crippen LogP contribution in [0.4, 0.5) is 0 Å². The van der Waals surface area contributed by atoms with Crippen LogP contribution in [0.5, 0.6) is 0 Å². The van der Waals surface area contributed by atoms with Crippen molar-refractivity contribution in [2.45, 2.75) is 89.8 Å². The number of rotatable bonds is 8. The lowest BCUT2D eigenvalue weighted by atomic mass is 9.63. The molecule has 25 heavy (non-hydrogen) atoms. The monoisotopic (exact) mass is 346 g/mol. The molecule has 1 aromatic rings. The summed E-state index contributed by atoms with van der Waals surface area (Å²) in [6.45, 7) is 9.73. The number of hydrogen-bond donors (Lipinski definition) is 0. The van der Waals surface area contributed by atoms with Crippen LogP contribution < -0.4 is 0 Å². The molecule has 0 spiro atoms. The van der Waals surface area contributed by atoms with E-state index in [-0.39, 0.29) is 28.8 Å². The van der Waals surface area contributed by atoms with Gasteiger partial charge in [-0.2, -0.15) is 0 Å². The number of methoxy groups -OCH3 is 1. The van der Waals surface area contributed by atoms with Gasteiger partial charge in [-0.15, -0.1) is 0 Å². The van der Waals surface area contributed by atoms with E-state index in [1.807, 2.05) is 13.2 Å². The zero-order valence-electron chi connectivity index (χ0n) is 16.5. The van der Waals surface area contributed by atoms with E-state index in [1.165, 1.54) is 5.56 Å². The quantitative estimate of drug-likeness (QED) is 0.653. The lowest BCUT2D eigenvalue weighted by molar-refractivity contribution is -0.162. The smallest absolute Gasteiger partial charge is 0.0950 e. The van der Waals surface area contributed by atoms with Crippen LogP contribution in [-0.4, -0.2) is 30.5 Å². The maximum atomic E-state index is 6.84. The molecule has 4 atom stereocenters. The van der Waals surface area contributed by atoms with Crippen molar-refractivity contribution in [3.8, 4) is 0 Å². The second kappa shape index (κ2) is 7.02. The van der Waals surface area contributed by atoms with Crippen molar-refractivity contribution in [3.63, 3.8) is 0 Å². The van der Waals surface area contributed by atoms with Crippen LogP contribution in [0.25, 0.3) is 0 Å². The molecule has 2 heterocycles. The highest BCUT2D eigenvalue weighted by Crippen LogP contribution is 2.61. The van der Waals surface area contributed by atoms with Gasteiger partial charge >= 0.3 is 0 Å². The normalized spacial score (nSPS) is 32.9. The minimum Gasteiger partial charge on any atom is -0.381 e. The molecule has 1 unspecified atom stereocenters. The third-order valence-electron chi connectivity index (χ3n) is 6.98. The number of hydrogen-bond acceptors (Lipinski definition) is 3. The lowest BCUT2D eigenvalue weighted by Gasteiger charge is -2.46. The molecule has 0 N–H and O–H groups in total. The Labute approximate surface area is 153 Å². The SMILES string of the molecule is CCC(OC)C(C)(C)[C@@]12CC[C@@](CC)(O1)[C@@H](OCc1ccccc1)C2. The summed E-state index contributed by atoms with van der Waals surface area (Å²) in [6.07, 6.45) is 5.55. The van der Waals surface area contributed by atoms with Crippen LogP contribution in [0.2, 0.25) is 0 Å². The summed E-state index contributed by atoms with van der Waals surface area (Å²) in [5.41, 5.74) is 0.936. The largest absolute Gasteiger partial charge is 0.381 e. The molecule has 1 aromatic carbocycles. The molecule has 3 heteroatoms. The van der Waals surface area contributed by atoms with Crippen molar-refractivity contribution in [1.82, 2.24) is 0 Å². The summed E-state index contributed by atoms with van der Waals surface area (Å²) in [6, 6.07) is 10.4. The van der Waals surface area contributed by atoms with E-state index >= 15 is 0 Å². The Bertz CT molecular complexity index is 566. The van der Waals surface area contributed by atoms with Gasteiger partial charge in [-0.1, -0.05) is 58.0 Å². The first kappa shape index (κ1) is 18.9. The van der Waals surface area contributed by atoms with E-state index in [0.29, 0.717) is 6.61 Å². The molecule has 0 aromatic heterocycles. The molecule has 2 saturated heterocycles. The molecule has 2 fully saturated rings. The average molecular weight is 347 g/mol. The molecule has 2 bridgehead atoms. The summed E-state index contributed by atoms with van der Waals surface area (Å²) in [4.78, 5) is 0. The van der Waals surface area contributed by atoms with Crippen molar-refractivity contribution in [2.24, 2.45) is 5.41 Å². The molecule has 3 rings (SSSR count). The van der Waals surface area contributed by atoms with Gasteiger partial charge in [0.05, 0.1) is 30.0 Å². The molecular formula is C22H34O3. The first-order valence-corrected chi connectivity index (χ1v) is 9.81. The minimum absolute atomic E-state index is 0.0295. The van der Waals surface area contributed by atoms with Gasteiger partial charge in [0.25, 0.3) is 0 Å². The fourth-order valence-electron chi connectivity index (χ4n) is 5.20. The number of fused-ring (bicyclic) bond motifs is 2. The second-order valence-corrected chi connectivity index (χ2v) is 8.36. The van der Waals surface area contributed by atoms with Gasteiger partial charge in [0.2, 0.25) is 0 Å². The Morgan fingerprint density at radius 1 is 1.20 bits per heavy atom. The highest BCUT2D eigenvalue weighted by molar-refractivity contribution is 5.17. The van der Waals surface area contributed by atoms with Crippen molar-refractivity contribution in [1.29, 1.82) is 0 Å². The van der Waals surface area contributed by atoms with E-state index in [1.54, 1.807) is 0 Å². The van der Waals surface area contributed by atoms with Crippen LogP contribution in [0.1, 0.15) is 65.4 Å². The minimum atomic E-state index is -0.138. The van der Waals surface area contributed by atoms with Crippen LogP contribution >= 0.6 is 0 Å². The third kappa shape index (κ3) is 3.05. The first-order chi connectivity index (χ1) is 11.9. The molecule has 0 radical (unpaired) electrons. The molecule has 2 aliphatic rings. The standard InChI is InChI=1S/C22H34O3/c1-6-18(23-5)20(3,4)22-14-13-21(7-2,25-22)19(15-22)24-16-17-11-9-8-10-12-17/h8-12,18-19H,6-7,13-16H2,1-5H3/t18?,19-,21+,22-/m0/s1. The van der Waals surface area contributed by atoms with Gasteiger partial charge in [0.15, 0.2) is 0 Å². The molecular weight excluding hydrogens is 312 g/mol. The summed E-state index contributed by atoms with van der Waals surface area (Å²) >= 11 is 0. The van der Waals surface area contributed by atoms with Gasteiger partial charge < -0.3 is 14.2 Å². The zero-order valence-corrected chi connectivity index (χ0v) is 16.5. The Morgan fingerprint density at radius 3 is 2.52 bits per heavy atom. The predicted molar refractivity (Wildman–Crippen MR) is 101 cm³/mol. The summed E-state index contributed by atoms with van der Waals surface area (Å²) in [5.74, 6) is 0. The second-order valence-electron chi connectivity index (χ2n) is 8.36. The molecule has 0 aliphatic carbocycles. The van der Waals surface area contributed by atoms with Gasteiger partial charge in [0, 0.05) is 18.9 Å². The first-order valence-electron chi connectivity index (χ1n) is 9.81. The van der Waals surface area contributed by atoms with E-state index in [4.69, 9.17) is 14.2 Å². The Morgan fingerprint density at radius 2 is 1.92 bits per heavy atom. The zero-order chi connectivity index (χ0) is 18.1. The van der Waals surface area contributed by atoms with Crippen molar-refractivity contribution in [2.75, 3.05) is 7.11 Å². The van der Waals surface area contributed by atoms with Crippen molar-refractivity contribution in [3.05, 3.63) is 35.9 Å². The number of benzene rings is 1. The maximum absolute atomic E-state index is 6.84. The Hall–Kier alpha value is -0.900. The molecule has 3 nitrogen and oxygen atoms in total. The lowest BCUT2D eigenvalue weighted by Crippen LogP contribution is -2.51. The molecule has 140 valence electrons. The predicted octanol–water partition coefficient (Wildman–Crippen LogP) is 5.12. The van der Waals surface area contributed by atoms with Crippen LogP contribution in [0.3, 0.4) is 0 Å². The molecule has 0 saturated carbocycles. The molecule has 2 aliphatic heterocycles. The van der Waals surface area contributed by atoms with E-state index in [0.717, 1.165) is 32.1 Å². The van der Waals surface area contributed by atoms with Crippen molar-refractivity contribution >= 4 is 0 Å². The topological polar surface area (TPSA) is 27.7 Å². The highest BCUT2D eigenvalue weighted by Gasteiger charge is 2.67. The summed E-state index contributed by atoms with van der Waals surface area (Å²) < 4.78 is 19.1. The van der Waals surface area contributed by atoms with Crippen molar-refractivity contribution < 1.29 is 14.2 Å². The Kier molecular flexibility index (Phi) is 5.30. The summed E-state index contributed by atoms with van der Waals surface area (Å²) in [5, 5.41) is 0. The third-order valence-corrected chi connectivity index (χ3v) is 6.98. The van der Waals surface area contributed by atoms with E-state index in [2.05, 4.69) is 52.0 Å². The van der Waals surface area contributed by atoms with Gasteiger partial charge in [-0.3, -0.25) is 0 Å². The fourth-order valence-corrected chi connectivity index (χ4v) is 5.20. The Balaban J connectivity index is 1.79. The van der Waals surface area contributed by atoms with Gasteiger partial charge in [-0.05, 0) is 31.2 Å². The highest BCUT2D eigenvalue weighted by atomic mass is 16.6. The summed E-state index contributed by atoms with van der Waals surface area (Å²) in [7, 11) is 1.83. The maximum Gasteiger partial charge on any atom is 0.0950 e. The average Bonchev–Trinajstić information content (AvgIpc) is 3.18.